The first kappa shape index (κ1) is 11.6. The van der Waals surface area contributed by atoms with Crippen LogP contribution in [-0.4, -0.2) is 20.8 Å². The van der Waals surface area contributed by atoms with Crippen molar-refractivity contribution in [3.63, 3.8) is 0 Å². The highest BCUT2D eigenvalue weighted by Gasteiger charge is 2.19. The van der Waals surface area contributed by atoms with Gasteiger partial charge in [0.25, 0.3) is 0 Å². The third-order valence-electron chi connectivity index (χ3n) is 3.59. The minimum atomic E-state index is 0.587. The third-order valence-corrected chi connectivity index (χ3v) is 3.59. The maximum Gasteiger partial charge on any atom is 0.164 e. The van der Waals surface area contributed by atoms with Crippen molar-refractivity contribution in [2.24, 2.45) is 13.0 Å². The molecule has 1 aromatic rings. The summed E-state index contributed by atoms with van der Waals surface area (Å²) in [5, 5.41) is 7.81. The quantitative estimate of drug-likeness (QED) is 0.845. The Labute approximate surface area is 97.5 Å². The first-order chi connectivity index (χ1) is 7.75. The molecule has 1 aromatic heterocycles. The van der Waals surface area contributed by atoms with Crippen LogP contribution < -0.4 is 5.32 Å². The Hall–Kier alpha value is -0.900. The zero-order valence-electron chi connectivity index (χ0n) is 10.3. The van der Waals surface area contributed by atoms with Gasteiger partial charge in [0.15, 0.2) is 5.82 Å². The van der Waals surface area contributed by atoms with E-state index in [2.05, 4.69) is 22.3 Å². The van der Waals surface area contributed by atoms with Gasteiger partial charge < -0.3 is 5.32 Å². The SMILES string of the molecule is CC(NCc1ncn(C)n1)C1CCCCC1. The molecule has 1 aliphatic rings. The van der Waals surface area contributed by atoms with Crippen molar-refractivity contribution in [2.45, 2.75) is 51.6 Å². The molecule has 0 amide bonds. The zero-order chi connectivity index (χ0) is 11.4. The largest absolute Gasteiger partial charge is 0.307 e. The molecule has 16 heavy (non-hydrogen) atoms. The molecule has 1 heterocycles. The summed E-state index contributed by atoms with van der Waals surface area (Å²) in [6.45, 7) is 3.08. The minimum absolute atomic E-state index is 0.587. The summed E-state index contributed by atoms with van der Waals surface area (Å²) in [7, 11) is 1.90. The number of rotatable bonds is 4. The molecule has 0 spiro atoms. The van der Waals surface area contributed by atoms with E-state index in [1.807, 2.05) is 7.05 Å². The summed E-state index contributed by atoms with van der Waals surface area (Å²) < 4.78 is 1.75. The fourth-order valence-corrected chi connectivity index (χ4v) is 2.52. The van der Waals surface area contributed by atoms with Crippen LogP contribution in [0.15, 0.2) is 6.33 Å². The van der Waals surface area contributed by atoms with Gasteiger partial charge in [-0.05, 0) is 25.7 Å². The van der Waals surface area contributed by atoms with Crippen LogP contribution in [0, 0.1) is 5.92 Å². The van der Waals surface area contributed by atoms with Crippen molar-refractivity contribution < 1.29 is 0 Å². The number of nitrogens with one attached hydrogen (secondary N) is 1. The molecule has 0 aliphatic heterocycles. The molecule has 0 saturated heterocycles. The predicted octanol–water partition coefficient (Wildman–Crippen LogP) is 1.87. The van der Waals surface area contributed by atoms with Gasteiger partial charge in [0.2, 0.25) is 0 Å². The summed E-state index contributed by atoms with van der Waals surface area (Å²) in [5.74, 6) is 1.74. The topological polar surface area (TPSA) is 42.7 Å². The summed E-state index contributed by atoms with van der Waals surface area (Å²) >= 11 is 0. The van der Waals surface area contributed by atoms with Crippen molar-refractivity contribution in [2.75, 3.05) is 0 Å². The lowest BCUT2D eigenvalue weighted by atomic mass is 9.84. The predicted molar refractivity (Wildman–Crippen MR) is 63.9 cm³/mol. The number of hydrogen-bond donors (Lipinski definition) is 1. The second-order valence-corrected chi connectivity index (χ2v) is 4.90. The van der Waals surface area contributed by atoms with Crippen molar-refractivity contribution in [1.82, 2.24) is 20.1 Å². The fraction of sp³-hybridized carbons (Fsp3) is 0.833. The van der Waals surface area contributed by atoms with Crippen LogP contribution in [0.2, 0.25) is 0 Å². The first-order valence-corrected chi connectivity index (χ1v) is 6.33. The van der Waals surface area contributed by atoms with E-state index in [0.717, 1.165) is 18.3 Å². The van der Waals surface area contributed by atoms with Gasteiger partial charge in [0.1, 0.15) is 6.33 Å². The van der Waals surface area contributed by atoms with Crippen molar-refractivity contribution in [3.05, 3.63) is 12.2 Å². The molecule has 0 aromatic carbocycles. The molecule has 2 rings (SSSR count). The van der Waals surface area contributed by atoms with Crippen LogP contribution in [0.1, 0.15) is 44.9 Å². The van der Waals surface area contributed by atoms with Crippen molar-refractivity contribution in [1.29, 1.82) is 0 Å². The number of hydrogen-bond acceptors (Lipinski definition) is 3. The third kappa shape index (κ3) is 3.04. The van der Waals surface area contributed by atoms with Crippen LogP contribution in [0.4, 0.5) is 0 Å². The standard InChI is InChI=1S/C12H22N4/c1-10(11-6-4-3-5-7-11)13-8-12-14-9-16(2)15-12/h9-11,13H,3-8H2,1-2H3. The van der Waals surface area contributed by atoms with E-state index >= 15 is 0 Å². The highest BCUT2D eigenvalue weighted by Crippen LogP contribution is 2.26. The van der Waals surface area contributed by atoms with Gasteiger partial charge in [-0.25, -0.2) is 4.98 Å². The van der Waals surface area contributed by atoms with E-state index in [1.54, 1.807) is 11.0 Å². The van der Waals surface area contributed by atoms with Gasteiger partial charge in [-0.2, -0.15) is 5.10 Å². The Bertz CT molecular complexity index is 315. The molecule has 4 nitrogen and oxygen atoms in total. The fourth-order valence-electron chi connectivity index (χ4n) is 2.52. The molecule has 1 N–H and O–H groups in total. The van der Waals surface area contributed by atoms with Crippen LogP contribution in [0.25, 0.3) is 0 Å². The Morgan fingerprint density at radius 1 is 1.44 bits per heavy atom. The van der Waals surface area contributed by atoms with Gasteiger partial charge in [-0.15, -0.1) is 0 Å². The Morgan fingerprint density at radius 2 is 2.19 bits per heavy atom. The molecule has 1 saturated carbocycles. The van der Waals surface area contributed by atoms with Crippen LogP contribution in [-0.2, 0) is 13.6 Å². The van der Waals surface area contributed by atoms with E-state index < -0.39 is 0 Å². The summed E-state index contributed by atoms with van der Waals surface area (Å²) in [6, 6.07) is 0.587. The van der Waals surface area contributed by atoms with Crippen molar-refractivity contribution >= 4 is 0 Å². The molecule has 0 bridgehead atoms. The molecule has 1 fully saturated rings. The maximum atomic E-state index is 4.27. The second kappa shape index (κ2) is 5.43. The lowest BCUT2D eigenvalue weighted by molar-refractivity contribution is 0.279. The summed E-state index contributed by atoms with van der Waals surface area (Å²) in [5.41, 5.74) is 0. The minimum Gasteiger partial charge on any atom is -0.307 e. The smallest absolute Gasteiger partial charge is 0.164 e. The molecule has 0 radical (unpaired) electrons. The van der Waals surface area contributed by atoms with Crippen LogP contribution in [0.3, 0.4) is 0 Å². The molecule has 4 heteroatoms. The highest BCUT2D eigenvalue weighted by molar-refractivity contribution is 4.83. The Balaban J connectivity index is 1.76. The van der Waals surface area contributed by atoms with E-state index in [9.17, 15) is 0 Å². The molecule has 1 aliphatic carbocycles. The summed E-state index contributed by atoms with van der Waals surface area (Å²) in [4.78, 5) is 4.22. The lowest BCUT2D eigenvalue weighted by Crippen LogP contribution is -2.34. The van der Waals surface area contributed by atoms with E-state index in [4.69, 9.17) is 0 Å². The molecule has 1 atom stereocenters. The van der Waals surface area contributed by atoms with Crippen LogP contribution in [0.5, 0.6) is 0 Å². The van der Waals surface area contributed by atoms with Crippen LogP contribution >= 0.6 is 0 Å². The second-order valence-electron chi connectivity index (χ2n) is 4.90. The Morgan fingerprint density at radius 3 is 2.81 bits per heavy atom. The molecular weight excluding hydrogens is 200 g/mol. The molecular formula is C12H22N4. The van der Waals surface area contributed by atoms with Gasteiger partial charge >= 0.3 is 0 Å². The van der Waals surface area contributed by atoms with Gasteiger partial charge in [0.05, 0.1) is 6.54 Å². The normalized spacial score (nSPS) is 19.9. The Kier molecular flexibility index (Phi) is 3.93. The average molecular weight is 222 g/mol. The number of nitrogens with zero attached hydrogens (tertiary/aromatic N) is 3. The lowest BCUT2D eigenvalue weighted by Gasteiger charge is -2.28. The molecule has 90 valence electrons. The van der Waals surface area contributed by atoms with Crippen molar-refractivity contribution in [3.8, 4) is 0 Å². The van der Waals surface area contributed by atoms with Gasteiger partial charge in [-0.3, -0.25) is 4.68 Å². The van der Waals surface area contributed by atoms with E-state index in [-0.39, 0.29) is 0 Å². The number of aryl methyl sites for hydroxylation is 1. The van der Waals surface area contributed by atoms with E-state index in [1.165, 1.54) is 32.1 Å². The number of aromatic nitrogens is 3. The van der Waals surface area contributed by atoms with Gasteiger partial charge in [-0.1, -0.05) is 19.3 Å². The zero-order valence-corrected chi connectivity index (χ0v) is 10.3. The maximum absolute atomic E-state index is 4.27. The first-order valence-electron chi connectivity index (χ1n) is 6.33. The van der Waals surface area contributed by atoms with Gasteiger partial charge in [0, 0.05) is 13.1 Å². The monoisotopic (exact) mass is 222 g/mol. The van der Waals surface area contributed by atoms with E-state index in [0.29, 0.717) is 6.04 Å². The molecule has 1 unspecified atom stereocenters. The summed E-state index contributed by atoms with van der Waals surface area (Å²) in [6.07, 6.45) is 8.73. The average Bonchev–Trinajstić information content (AvgIpc) is 2.73. The highest BCUT2D eigenvalue weighted by atomic mass is 15.3.